The van der Waals surface area contributed by atoms with Crippen LogP contribution in [0.5, 0.6) is 0 Å². The molecule has 42 heavy (non-hydrogen) atoms. The Kier molecular flexibility index (Phi) is 3.68. The molecule has 0 atom stereocenters. The highest BCUT2D eigenvalue weighted by Gasteiger charge is 2.24. The number of pyridine rings is 2. The monoisotopic (exact) mass is 538 g/mol. The van der Waals surface area contributed by atoms with Gasteiger partial charge >= 0.3 is 0 Å². The van der Waals surface area contributed by atoms with Crippen LogP contribution in [0.1, 0.15) is 11.4 Å². The normalized spacial score (nSPS) is 12.7. The predicted molar refractivity (Wildman–Crippen MR) is 173 cm³/mol. The number of imidazole rings is 2. The summed E-state index contributed by atoms with van der Waals surface area (Å²) in [6, 6.07) is 24.1. The van der Waals surface area contributed by atoms with Gasteiger partial charge in [-0.05, 0) is 80.9 Å². The van der Waals surface area contributed by atoms with Crippen LogP contribution >= 0.6 is 0 Å². The molecule has 0 aliphatic heterocycles. The lowest BCUT2D eigenvalue weighted by Crippen LogP contribution is -2.15. The van der Waals surface area contributed by atoms with E-state index in [1.54, 1.807) is 21.0 Å². The third kappa shape index (κ3) is 2.24. The van der Waals surface area contributed by atoms with Crippen LogP contribution in [0.4, 0.5) is 0 Å². The molecule has 0 radical (unpaired) electrons. The second-order valence-corrected chi connectivity index (χ2v) is 11.0. The summed E-state index contributed by atoms with van der Waals surface area (Å²) >= 11 is 0. The van der Waals surface area contributed by atoms with Crippen LogP contribution in [-0.4, -0.2) is 18.8 Å². The number of hydrogen-bond donors (Lipinski definition) is 0. The molecule has 0 bridgehead atoms. The Morgan fingerprint density at radius 3 is 1.57 bits per heavy atom. The summed E-state index contributed by atoms with van der Waals surface area (Å²) < 4.78 is 3.38. The smallest absolute Gasteiger partial charge is 0.264 e. The summed E-state index contributed by atoms with van der Waals surface area (Å²) in [7, 11) is 0. The lowest BCUT2D eigenvalue weighted by atomic mass is 9.86. The lowest BCUT2D eigenvalue weighted by molar-refractivity contribution is 1.13. The third-order valence-corrected chi connectivity index (χ3v) is 9.14. The van der Waals surface area contributed by atoms with E-state index in [-0.39, 0.29) is 11.1 Å². The van der Waals surface area contributed by atoms with Gasteiger partial charge in [0.05, 0.1) is 22.4 Å². The van der Waals surface area contributed by atoms with Crippen LogP contribution < -0.4 is 11.1 Å². The fourth-order valence-electron chi connectivity index (χ4n) is 7.45. The first-order valence-electron chi connectivity index (χ1n) is 13.8. The van der Waals surface area contributed by atoms with Crippen LogP contribution in [0, 0.1) is 0 Å². The fourth-order valence-corrected chi connectivity index (χ4v) is 7.45. The summed E-state index contributed by atoms with van der Waals surface area (Å²) in [6.45, 7) is 7.82. The minimum atomic E-state index is -0.128. The van der Waals surface area contributed by atoms with E-state index in [1.807, 2.05) is 42.5 Å². The molecule has 4 aromatic heterocycles. The van der Waals surface area contributed by atoms with Gasteiger partial charge in [-0.15, -0.1) is 0 Å². The van der Waals surface area contributed by atoms with Crippen LogP contribution in [-0.2, 0) is 0 Å². The Morgan fingerprint density at radius 2 is 1.00 bits per heavy atom. The quantitative estimate of drug-likeness (QED) is 0.170. The fraction of sp³-hybridized carbons (Fsp3) is 0. The molecule has 6 heteroatoms. The van der Waals surface area contributed by atoms with Crippen molar-refractivity contribution in [3.63, 3.8) is 0 Å². The van der Waals surface area contributed by atoms with Crippen molar-refractivity contribution in [2.45, 2.75) is 0 Å². The minimum absolute atomic E-state index is 0.0700. The van der Waals surface area contributed by atoms with Crippen molar-refractivity contribution < 1.29 is 0 Å². The molecule has 0 saturated carbocycles. The van der Waals surface area contributed by atoms with E-state index >= 15 is 0 Å². The summed E-state index contributed by atoms with van der Waals surface area (Å²) in [6.07, 6.45) is 3.32. The van der Waals surface area contributed by atoms with Gasteiger partial charge in [0.25, 0.3) is 11.1 Å². The van der Waals surface area contributed by atoms with E-state index in [0.717, 1.165) is 64.9 Å². The zero-order valence-corrected chi connectivity index (χ0v) is 22.1. The van der Waals surface area contributed by atoms with Crippen molar-refractivity contribution in [1.29, 1.82) is 0 Å². The molecule has 0 unspecified atom stereocenters. The maximum Gasteiger partial charge on any atom is 0.264 e. The van der Waals surface area contributed by atoms with Crippen molar-refractivity contribution >= 4 is 99.1 Å². The Bertz CT molecular complexity index is 2960. The lowest BCUT2D eigenvalue weighted by Gasteiger charge is -2.18. The van der Waals surface area contributed by atoms with Crippen molar-refractivity contribution in [1.82, 2.24) is 18.8 Å². The summed E-state index contributed by atoms with van der Waals surface area (Å²) in [4.78, 5) is 37.6. The molecule has 4 heterocycles. The molecule has 0 amide bonds. The molecular weight excluding hydrogens is 520 g/mol. The summed E-state index contributed by atoms with van der Waals surface area (Å²) in [5, 5.41) is 11.2. The number of nitrogens with zero attached hydrogens (tertiary/aromatic N) is 4. The number of para-hydroxylation sites is 2. The Morgan fingerprint density at radius 1 is 0.524 bits per heavy atom. The molecule has 6 nitrogen and oxygen atoms in total. The van der Waals surface area contributed by atoms with Gasteiger partial charge < -0.3 is 0 Å². The first kappa shape index (κ1) is 21.9. The second kappa shape index (κ2) is 7.06. The number of hydrogen-bond acceptors (Lipinski definition) is 4. The highest BCUT2D eigenvalue weighted by Crippen LogP contribution is 2.45. The Labute approximate surface area is 235 Å². The van der Waals surface area contributed by atoms with Gasteiger partial charge in [0.15, 0.2) is 0 Å². The number of aromatic nitrogens is 4. The first-order chi connectivity index (χ1) is 20.6. The van der Waals surface area contributed by atoms with Gasteiger partial charge in [-0.25, -0.2) is 9.97 Å². The van der Waals surface area contributed by atoms with E-state index in [0.29, 0.717) is 33.5 Å². The van der Waals surface area contributed by atoms with Gasteiger partial charge in [-0.2, -0.15) is 0 Å². The van der Waals surface area contributed by atoms with E-state index in [1.165, 1.54) is 0 Å². The second-order valence-electron chi connectivity index (χ2n) is 11.0. The highest BCUT2D eigenvalue weighted by molar-refractivity contribution is 6.40. The molecule has 194 valence electrons. The van der Waals surface area contributed by atoms with E-state index in [2.05, 4.69) is 43.5 Å². The average Bonchev–Trinajstić information content (AvgIpc) is 3.61. The van der Waals surface area contributed by atoms with Gasteiger partial charge in [-0.3, -0.25) is 18.4 Å². The summed E-state index contributed by atoms with van der Waals surface area (Å²) in [5.74, 6) is 0. The largest absolute Gasteiger partial charge is 0.268 e. The van der Waals surface area contributed by atoms with Crippen LogP contribution in [0.15, 0.2) is 95.5 Å². The van der Waals surface area contributed by atoms with Crippen molar-refractivity contribution in [3.8, 4) is 0 Å². The van der Waals surface area contributed by atoms with Crippen LogP contribution in [0.2, 0.25) is 0 Å². The number of benzene rings is 6. The van der Waals surface area contributed by atoms with Crippen LogP contribution in [0.25, 0.3) is 99.1 Å². The Balaban J connectivity index is 1.47. The number of rotatable bonds is 2. The molecule has 10 aromatic rings. The standard InChI is InChI=1S/C36H18N4O2/c1-3-25-27(4-2)39-33(37-25)21-13-9-17-20-12-16-24-32-22(34-38-26-7-5-6-8-28(26)40(34)36(24)42)14-10-18(30(20)32)19-11-15-23(35(39)41)31(21)29(17)19/h3-16H,1-2H2. The van der Waals surface area contributed by atoms with Gasteiger partial charge in [0.2, 0.25) is 0 Å². The minimum Gasteiger partial charge on any atom is -0.268 e. The van der Waals surface area contributed by atoms with Gasteiger partial charge in [0, 0.05) is 32.3 Å². The SMILES string of the molecule is C=Cc1nc2c3ccc4c5ccc6c(=O)n7c8ccccc8nc7c7ccc(c8ccc(c(=O)n2c1C=C)c3c48)c5c67. The Hall–Kier alpha value is -5.88. The van der Waals surface area contributed by atoms with E-state index < -0.39 is 0 Å². The topological polar surface area (TPSA) is 68.7 Å². The first-order valence-corrected chi connectivity index (χ1v) is 13.8. The molecule has 10 rings (SSSR count). The van der Waals surface area contributed by atoms with Crippen LogP contribution in [0.3, 0.4) is 0 Å². The molecule has 0 N–H and O–H groups in total. The summed E-state index contributed by atoms with van der Waals surface area (Å²) in [5.41, 5.74) is 3.95. The predicted octanol–water partition coefficient (Wildman–Crippen LogP) is 7.37. The van der Waals surface area contributed by atoms with Crippen molar-refractivity contribution in [3.05, 3.63) is 118 Å². The molecule has 0 spiro atoms. The highest BCUT2D eigenvalue weighted by atomic mass is 16.1. The number of fused-ring (bicyclic) bond motifs is 8. The molecule has 0 aliphatic carbocycles. The third-order valence-electron chi connectivity index (χ3n) is 9.14. The maximum absolute atomic E-state index is 14.0. The zero-order chi connectivity index (χ0) is 28.0. The van der Waals surface area contributed by atoms with Crippen molar-refractivity contribution in [2.75, 3.05) is 0 Å². The van der Waals surface area contributed by atoms with Gasteiger partial charge in [-0.1, -0.05) is 49.6 Å². The molecular formula is C36H18N4O2. The van der Waals surface area contributed by atoms with Gasteiger partial charge in [0.1, 0.15) is 11.3 Å². The molecule has 0 saturated heterocycles. The molecule has 0 fully saturated rings. The average molecular weight is 539 g/mol. The van der Waals surface area contributed by atoms with Crippen molar-refractivity contribution in [2.24, 2.45) is 0 Å². The van der Waals surface area contributed by atoms with E-state index in [4.69, 9.17) is 9.97 Å². The zero-order valence-electron chi connectivity index (χ0n) is 22.1. The molecule has 0 aliphatic rings. The molecule has 6 aromatic carbocycles. The van der Waals surface area contributed by atoms with E-state index in [9.17, 15) is 9.59 Å². The maximum atomic E-state index is 14.0.